The van der Waals surface area contributed by atoms with Gasteiger partial charge in [-0.2, -0.15) is 0 Å². The molecule has 3 nitrogen and oxygen atoms in total. The summed E-state index contributed by atoms with van der Waals surface area (Å²) in [5.74, 6) is 0. The number of rotatable bonds is 6. The summed E-state index contributed by atoms with van der Waals surface area (Å²) in [6.45, 7) is 9.01. The number of fused-ring (bicyclic) bond motifs is 3. The normalized spacial score (nSPS) is 14.2. The number of aromatic nitrogens is 2. The van der Waals surface area contributed by atoms with Crippen LogP contribution in [0.1, 0.15) is 67.8 Å². The van der Waals surface area contributed by atoms with Gasteiger partial charge in [-0.3, -0.25) is 0 Å². The summed E-state index contributed by atoms with van der Waals surface area (Å²) < 4.78 is 64.0. The minimum absolute atomic E-state index is 0. The average Bonchev–Trinajstić information content (AvgIpc) is 3.61. The van der Waals surface area contributed by atoms with Crippen LogP contribution in [-0.2, 0) is 32.9 Å². The van der Waals surface area contributed by atoms with E-state index in [4.69, 9.17) is 14.0 Å². The molecule has 0 aliphatic heterocycles. The number of hydrogen-bond acceptors (Lipinski definition) is 3. The van der Waals surface area contributed by atoms with E-state index in [-0.39, 0.29) is 25.7 Å². The van der Waals surface area contributed by atoms with Gasteiger partial charge in [-0.15, -0.1) is 65.2 Å². The van der Waals surface area contributed by atoms with Crippen molar-refractivity contribution >= 4 is 21.9 Å². The molecule has 1 radical (unpaired) electrons. The number of benzene rings is 5. The molecule has 0 spiro atoms. The summed E-state index contributed by atoms with van der Waals surface area (Å²) >= 11 is 0. The van der Waals surface area contributed by atoms with Crippen molar-refractivity contribution in [2.24, 2.45) is 10.8 Å². The molecule has 0 atom stereocenters. The van der Waals surface area contributed by atoms with Gasteiger partial charge in [0.15, 0.2) is 0 Å². The maximum atomic E-state index is 8.50. The predicted molar refractivity (Wildman–Crippen MR) is 226 cm³/mol. The van der Waals surface area contributed by atoms with Crippen molar-refractivity contribution in [3.63, 3.8) is 0 Å². The number of hydrogen-bond donors (Lipinski definition) is 0. The summed E-state index contributed by atoms with van der Waals surface area (Å²) in [4.78, 5) is 8.94. The summed E-state index contributed by atoms with van der Waals surface area (Å²) in [5, 5.41) is 1.89. The van der Waals surface area contributed by atoms with Crippen LogP contribution < -0.4 is 0 Å². The van der Waals surface area contributed by atoms with Crippen LogP contribution in [0.3, 0.4) is 0 Å². The molecule has 0 unspecified atom stereocenters. The Morgan fingerprint density at radius 3 is 2.04 bits per heavy atom. The van der Waals surface area contributed by atoms with Crippen molar-refractivity contribution < 1.29 is 34.1 Å². The van der Waals surface area contributed by atoms with E-state index in [2.05, 4.69) is 22.1 Å². The number of aryl methyl sites for hydroxylation is 1. The van der Waals surface area contributed by atoms with E-state index < -0.39 is 30.4 Å². The third kappa shape index (κ3) is 9.94. The standard InChI is InChI=1S/C29H26NO.C22H22N.Ir/c1-19-9-11-22(26-13-10-20(18-30-26)17-29(2,3)4)16-24(19)21-12-14-28-25(15-21)23-7-5-6-8-27(23)31-28;1-22(2,3)16-17-9-11-18(12-10-17)20-13-14-23-21(15-20)19-7-5-4-6-8-19;/h5-10,12-16,18H,17H2,1-4H3;4-7,9-15H,16H2,1-3H3;/q2*-1;/i1D3,17D2;16D2;. The zero-order valence-electron chi connectivity index (χ0n) is 38.9. The van der Waals surface area contributed by atoms with E-state index in [0.717, 1.165) is 49.9 Å². The molecule has 0 N–H and O–H groups in total. The Kier molecular flexibility index (Phi) is 9.44. The van der Waals surface area contributed by atoms with Crippen LogP contribution in [0, 0.1) is 29.8 Å². The molecule has 0 saturated carbocycles. The third-order valence-electron chi connectivity index (χ3n) is 8.68. The van der Waals surface area contributed by atoms with Gasteiger partial charge >= 0.3 is 0 Å². The van der Waals surface area contributed by atoms with Crippen LogP contribution >= 0.6 is 0 Å². The summed E-state index contributed by atoms with van der Waals surface area (Å²) in [7, 11) is 0. The maximum Gasteiger partial charge on any atom is 0.135 e. The first-order chi connectivity index (χ1) is 28.6. The molecule has 0 amide bonds. The van der Waals surface area contributed by atoms with Gasteiger partial charge in [-0.05, 0) is 87.0 Å². The molecule has 279 valence electrons. The SMILES string of the molecule is [2H]C([2H])([2H])c1c[c-]c(-c2ccc(C([2H])([2H])C(C)(C)C)cn2)cc1-c1ccc2oc3ccccc3c2c1.[2H]C([2H])(c1ccc(-c2ccnc(-c3[c-]cccc3)c2)cc1)C(C)(C)C.[Ir]. The summed E-state index contributed by atoms with van der Waals surface area (Å²) in [5.41, 5.74) is 8.40. The van der Waals surface area contributed by atoms with Crippen LogP contribution in [0.25, 0.3) is 66.7 Å². The van der Waals surface area contributed by atoms with E-state index in [1.165, 1.54) is 6.07 Å². The molecule has 4 heteroatoms. The fourth-order valence-electron chi connectivity index (χ4n) is 6.32. The Labute approximate surface area is 350 Å². The molecular weight excluding hydrogens is 849 g/mol. The van der Waals surface area contributed by atoms with Crippen molar-refractivity contribution in [1.29, 1.82) is 0 Å². The van der Waals surface area contributed by atoms with Gasteiger partial charge in [-0.25, -0.2) is 0 Å². The average molecular weight is 904 g/mol. The fourth-order valence-corrected chi connectivity index (χ4v) is 6.32. The molecule has 0 saturated heterocycles. The molecule has 0 aliphatic carbocycles. The van der Waals surface area contributed by atoms with E-state index in [1.807, 2.05) is 145 Å². The molecule has 0 bridgehead atoms. The quantitative estimate of drug-likeness (QED) is 0.156. The Bertz CT molecular complexity index is 2800. The van der Waals surface area contributed by atoms with E-state index >= 15 is 0 Å². The number of nitrogens with zero attached hydrogens (tertiary/aromatic N) is 2. The van der Waals surface area contributed by atoms with Gasteiger partial charge in [0.1, 0.15) is 11.2 Å². The van der Waals surface area contributed by atoms with E-state index in [1.54, 1.807) is 30.6 Å². The van der Waals surface area contributed by atoms with Gasteiger partial charge in [-0.1, -0.05) is 121 Å². The Morgan fingerprint density at radius 1 is 0.618 bits per heavy atom. The Hall–Kier alpha value is -5.15. The van der Waals surface area contributed by atoms with Gasteiger partial charge in [0.25, 0.3) is 0 Å². The topological polar surface area (TPSA) is 38.9 Å². The Balaban J connectivity index is 0.000000217. The molecule has 3 aromatic heterocycles. The van der Waals surface area contributed by atoms with Gasteiger partial charge in [0.05, 0.1) is 0 Å². The van der Waals surface area contributed by atoms with Gasteiger partial charge in [0.2, 0.25) is 0 Å². The van der Waals surface area contributed by atoms with Gasteiger partial charge in [0, 0.05) is 52.9 Å². The molecule has 0 aliphatic rings. The van der Waals surface area contributed by atoms with Crippen molar-refractivity contribution in [1.82, 2.24) is 9.97 Å². The zero-order valence-corrected chi connectivity index (χ0v) is 34.3. The molecular formula is C51H48IrN2O-2. The van der Waals surface area contributed by atoms with Crippen LogP contribution in [0.5, 0.6) is 0 Å². The van der Waals surface area contributed by atoms with Crippen molar-refractivity contribution in [3.8, 4) is 44.8 Å². The van der Waals surface area contributed by atoms with Crippen molar-refractivity contribution in [2.75, 3.05) is 0 Å². The Morgan fingerprint density at radius 2 is 1.33 bits per heavy atom. The third-order valence-corrected chi connectivity index (χ3v) is 8.68. The minimum Gasteiger partial charge on any atom is -0.456 e. The summed E-state index contributed by atoms with van der Waals surface area (Å²) in [6.07, 6.45) is 0.415. The first kappa shape index (κ1) is 31.1. The second-order valence-electron chi connectivity index (χ2n) is 15.4. The molecule has 8 rings (SSSR count). The van der Waals surface area contributed by atoms with E-state index in [0.29, 0.717) is 27.9 Å². The van der Waals surface area contributed by atoms with E-state index in [9.17, 15) is 0 Å². The van der Waals surface area contributed by atoms with Crippen LogP contribution in [0.15, 0.2) is 144 Å². The van der Waals surface area contributed by atoms with Crippen LogP contribution in [0.4, 0.5) is 0 Å². The molecule has 3 heterocycles. The van der Waals surface area contributed by atoms with Gasteiger partial charge < -0.3 is 14.4 Å². The first-order valence-electron chi connectivity index (χ1n) is 21.6. The zero-order chi connectivity index (χ0) is 44.0. The van der Waals surface area contributed by atoms with Crippen LogP contribution in [0.2, 0.25) is 0 Å². The monoisotopic (exact) mass is 904 g/mol. The van der Waals surface area contributed by atoms with Crippen LogP contribution in [-0.4, -0.2) is 9.97 Å². The second kappa shape index (κ2) is 16.7. The smallest absolute Gasteiger partial charge is 0.135 e. The molecule has 5 aromatic carbocycles. The number of furan rings is 1. The second-order valence-corrected chi connectivity index (χ2v) is 15.4. The number of pyridine rings is 2. The van der Waals surface area contributed by atoms with Crippen molar-refractivity contribution in [2.45, 2.75) is 61.1 Å². The minimum atomic E-state index is -2.32. The van der Waals surface area contributed by atoms with Crippen molar-refractivity contribution in [3.05, 3.63) is 169 Å². The predicted octanol–water partition coefficient (Wildman–Crippen LogP) is 13.8. The maximum absolute atomic E-state index is 8.50. The number of para-hydroxylation sites is 1. The first-order valence-corrected chi connectivity index (χ1v) is 18.1. The molecule has 55 heavy (non-hydrogen) atoms. The fraction of sp³-hybridized carbons (Fsp3) is 0.216. The molecule has 8 aromatic rings. The summed E-state index contributed by atoms with van der Waals surface area (Å²) in [6, 6.07) is 46.1. The molecule has 0 fully saturated rings. The largest absolute Gasteiger partial charge is 0.456 e.